The highest BCUT2D eigenvalue weighted by atomic mass is 31.2. The van der Waals surface area contributed by atoms with Crippen molar-refractivity contribution >= 4 is 13.7 Å². The molecule has 0 aromatic heterocycles. The van der Waals surface area contributed by atoms with E-state index in [1.165, 1.54) is 0 Å². The maximum Gasteiger partial charge on any atom is 0.265 e. The monoisotopic (exact) mass is 352 g/mol. The Labute approximate surface area is 140 Å². The molecule has 1 unspecified atom stereocenters. The number of hydrogen-bond donors (Lipinski definition) is 2. The summed E-state index contributed by atoms with van der Waals surface area (Å²) in [6.45, 7) is 8.37. The molecular formula is C15H33N2O5P. The number of phosphoric ester groups is 1. The molecule has 0 fully saturated rings. The number of nitrogens with one attached hydrogen (secondary N) is 1. The molecular weight excluding hydrogens is 319 g/mol. The van der Waals surface area contributed by atoms with Crippen molar-refractivity contribution < 1.29 is 28.2 Å². The van der Waals surface area contributed by atoms with E-state index in [1.807, 2.05) is 20.8 Å². The van der Waals surface area contributed by atoms with E-state index in [2.05, 4.69) is 23.9 Å². The van der Waals surface area contributed by atoms with Gasteiger partial charge in [0, 0.05) is 18.4 Å². The fraction of sp³-hybridized carbons (Fsp3) is 0.933. The van der Waals surface area contributed by atoms with Crippen LogP contribution in [0.3, 0.4) is 0 Å². The average molecular weight is 352 g/mol. The molecule has 1 amide bonds. The minimum Gasteiger partial charge on any atom is -0.756 e. The van der Waals surface area contributed by atoms with Crippen molar-refractivity contribution in [2.45, 2.75) is 46.5 Å². The largest absolute Gasteiger partial charge is 0.756 e. The third-order valence-corrected chi connectivity index (χ3v) is 4.65. The van der Waals surface area contributed by atoms with Crippen molar-refractivity contribution in [3.8, 4) is 0 Å². The molecule has 7 nitrogen and oxygen atoms in total. The van der Waals surface area contributed by atoms with Gasteiger partial charge in [-0.15, -0.1) is 0 Å². The number of phosphoric acid groups is 1. The third kappa shape index (κ3) is 11.7. The Morgan fingerprint density at radius 1 is 1.26 bits per heavy atom. The summed E-state index contributed by atoms with van der Waals surface area (Å²) in [6, 6.07) is 0. The molecule has 0 aliphatic rings. The number of amides is 1. The maximum atomic E-state index is 11.9. The van der Waals surface area contributed by atoms with E-state index >= 15 is 0 Å². The average Bonchev–Trinajstić information content (AvgIpc) is 2.41. The van der Waals surface area contributed by atoms with Gasteiger partial charge in [0.1, 0.15) is 0 Å². The third-order valence-electron chi connectivity index (χ3n) is 4.14. The molecule has 0 saturated carbocycles. The van der Waals surface area contributed by atoms with Gasteiger partial charge in [-0.25, -0.2) is 0 Å². The number of unbranched alkanes of at least 4 members (excludes halogenated alkanes) is 1. The number of rotatable bonds is 12. The van der Waals surface area contributed by atoms with E-state index in [4.69, 9.17) is 4.89 Å². The summed E-state index contributed by atoms with van der Waals surface area (Å²) in [4.78, 5) is 30.9. The lowest BCUT2D eigenvalue weighted by atomic mass is 9.89. The second-order valence-electron chi connectivity index (χ2n) is 7.24. The first-order valence-electron chi connectivity index (χ1n) is 8.18. The Morgan fingerprint density at radius 2 is 1.83 bits per heavy atom. The zero-order valence-electron chi connectivity index (χ0n) is 15.1. The molecule has 0 radical (unpaired) electrons. The molecule has 0 saturated heterocycles. The number of quaternary nitrogens is 1. The lowest BCUT2D eigenvalue weighted by Crippen LogP contribution is -2.43. The summed E-state index contributed by atoms with van der Waals surface area (Å²) >= 11 is 0. The van der Waals surface area contributed by atoms with Crippen molar-refractivity contribution in [3.05, 3.63) is 0 Å². The van der Waals surface area contributed by atoms with Crippen molar-refractivity contribution in [2.24, 2.45) is 5.41 Å². The fourth-order valence-corrected chi connectivity index (χ4v) is 2.40. The van der Waals surface area contributed by atoms with Crippen molar-refractivity contribution in [3.63, 3.8) is 0 Å². The van der Waals surface area contributed by atoms with E-state index in [-0.39, 0.29) is 17.9 Å². The van der Waals surface area contributed by atoms with Crippen LogP contribution in [0.2, 0.25) is 0 Å². The van der Waals surface area contributed by atoms with Crippen LogP contribution in [0.15, 0.2) is 0 Å². The van der Waals surface area contributed by atoms with E-state index in [1.54, 1.807) is 0 Å². The molecule has 8 heteroatoms. The molecule has 0 aliphatic heterocycles. The molecule has 23 heavy (non-hydrogen) atoms. The van der Waals surface area contributed by atoms with Gasteiger partial charge in [0.2, 0.25) is 5.91 Å². The van der Waals surface area contributed by atoms with Gasteiger partial charge >= 0.3 is 0 Å². The predicted octanol–water partition coefficient (Wildman–Crippen LogP) is 1.26. The van der Waals surface area contributed by atoms with Gasteiger partial charge in [0.25, 0.3) is 7.82 Å². The lowest BCUT2D eigenvalue weighted by molar-refractivity contribution is -0.890. The summed E-state index contributed by atoms with van der Waals surface area (Å²) in [5.74, 6) is 0.0912. The summed E-state index contributed by atoms with van der Waals surface area (Å²) in [7, 11) is -0.389. The standard InChI is InChI=1S/C15H33N2O5P/c1-6-15(2,3)14(18)16-10-9-12-17(4,5)11-7-8-13-22-23(19,20)21/h6-13H2,1-5H3,(H2-,16,18,19,20,21). The van der Waals surface area contributed by atoms with Gasteiger partial charge in [-0.1, -0.05) is 20.8 Å². The molecule has 0 aromatic carbocycles. The summed E-state index contributed by atoms with van der Waals surface area (Å²) in [5, 5.41) is 2.98. The molecule has 138 valence electrons. The van der Waals surface area contributed by atoms with Crippen LogP contribution in [0.4, 0.5) is 0 Å². The number of hydrogen-bond acceptors (Lipinski definition) is 4. The first kappa shape index (κ1) is 22.5. The highest BCUT2D eigenvalue weighted by molar-refractivity contribution is 7.44. The van der Waals surface area contributed by atoms with Gasteiger partial charge in [0.15, 0.2) is 0 Å². The van der Waals surface area contributed by atoms with Gasteiger partial charge in [0.05, 0.1) is 33.8 Å². The van der Waals surface area contributed by atoms with Crippen LogP contribution in [0.1, 0.15) is 46.5 Å². The van der Waals surface area contributed by atoms with Crippen LogP contribution in [-0.4, -0.2) is 55.6 Å². The summed E-state index contributed by atoms with van der Waals surface area (Å²) < 4.78 is 15.5. The Morgan fingerprint density at radius 3 is 2.35 bits per heavy atom. The Hall–Kier alpha value is -0.460. The maximum absolute atomic E-state index is 11.9. The van der Waals surface area contributed by atoms with Crippen molar-refractivity contribution in [1.29, 1.82) is 0 Å². The molecule has 0 spiro atoms. The quantitative estimate of drug-likeness (QED) is 0.313. The zero-order chi connectivity index (χ0) is 18.1. The SMILES string of the molecule is CCC(C)(C)C(=O)NCCC[N+](C)(C)CCCCOP(=O)([O-])O. The molecule has 0 bridgehead atoms. The minimum atomic E-state index is -4.59. The summed E-state index contributed by atoms with van der Waals surface area (Å²) in [5.41, 5.74) is -0.321. The highest BCUT2D eigenvalue weighted by Crippen LogP contribution is 2.30. The second-order valence-corrected chi connectivity index (χ2v) is 8.43. The van der Waals surface area contributed by atoms with Crippen LogP contribution >= 0.6 is 7.82 Å². The zero-order valence-corrected chi connectivity index (χ0v) is 16.0. The van der Waals surface area contributed by atoms with Gasteiger partial charge in [-0.2, -0.15) is 0 Å². The van der Waals surface area contributed by atoms with Crippen LogP contribution in [0.25, 0.3) is 0 Å². The Kier molecular flexibility index (Phi) is 9.55. The van der Waals surface area contributed by atoms with Gasteiger partial charge in [-0.05, 0) is 19.3 Å². The molecule has 0 rings (SSSR count). The lowest BCUT2D eigenvalue weighted by Gasteiger charge is -2.30. The van der Waals surface area contributed by atoms with E-state index in [9.17, 15) is 14.3 Å². The number of nitrogens with zero attached hydrogens (tertiary/aromatic N) is 1. The van der Waals surface area contributed by atoms with E-state index in [0.717, 1.165) is 36.8 Å². The number of carbonyl (C=O) groups is 1. The first-order valence-corrected chi connectivity index (χ1v) is 9.68. The van der Waals surface area contributed by atoms with Gasteiger partial charge in [-0.3, -0.25) is 9.36 Å². The first-order chi connectivity index (χ1) is 10.4. The minimum absolute atomic E-state index is 0.0133. The van der Waals surface area contributed by atoms with Crippen LogP contribution in [0, 0.1) is 5.41 Å². The Balaban J connectivity index is 3.84. The Bertz CT molecular complexity index is 407. The van der Waals surface area contributed by atoms with Crippen LogP contribution in [-0.2, 0) is 13.9 Å². The van der Waals surface area contributed by atoms with E-state index in [0.29, 0.717) is 13.0 Å². The molecule has 1 atom stereocenters. The predicted molar refractivity (Wildman–Crippen MR) is 88.6 cm³/mol. The van der Waals surface area contributed by atoms with Crippen LogP contribution in [0.5, 0.6) is 0 Å². The van der Waals surface area contributed by atoms with Crippen molar-refractivity contribution in [2.75, 3.05) is 40.3 Å². The smallest absolute Gasteiger partial charge is 0.265 e. The van der Waals surface area contributed by atoms with Gasteiger partial charge < -0.3 is 24.1 Å². The number of carbonyl (C=O) groups excluding carboxylic acids is 1. The fourth-order valence-electron chi connectivity index (χ4n) is 2.04. The molecule has 2 N–H and O–H groups in total. The van der Waals surface area contributed by atoms with Crippen LogP contribution < -0.4 is 10.2 Å². The molecule has 0 aliphatic carbocycles. The molecule has 0 heterocycles. The molecule has 0 aromatic rings. The normalized spacial score (nSPS) is 15.3. The van der Waals surface area contributed by atoms with Crippen molar-refractivity contribution in [1.82, 2.24) is 5.32 Å². The van der Waals surface area contributed by atoms with E-state index < -0.39 is 7.82 Å². The summed E-state index contributed by atoms with van der Waals surface area (Å²) in [6.07, 6.45) is 3.09. The highest BCUT2D eigenvalue weighted by Gasteiger charge is 2.24. The topological polar surface area (TPSA) is 98.7 Å². The second kappa shape index (κ2) is 9.74.